The number of hydrogen-bond donors (Lipinski definition) is 1. The number of esters is 1. The normalized spacial score (nSPS) is 18.2. The van der Waals surface area contributed by atoms with Crippen molar-refractivity contribution in [3.63, 3.8) is 0 Å². The maximum atomic E-state index is 11.9. The zero-order valence-electron chi connectivity index (χ0n) is 14.4. The van der Waals surface area contributed by atoms with Gasteiger partial charge in [0.25, 0.3) is 0 Å². The Labute approximate surface area is 132 Å². The van der Waals surface area contributed by atoms with Gasteiger partial charge < -0.3 is 14.8 Å². The Balaban J connectivity index is 2.74. The fraction of sp³-hybridized carbons (Fsp3) is 0.647. The zero-order chi connectivity index (χ0) is 17.0. The summed E-state index contributed by atoms with van der Waals surface area (Å²) in [4.78, 5) is 23.8. The molecule has 1 atom stereocenters. The molecule has 0 aliphatic heterocycles. The predicted molar refractivity (Wildman–Crippen MR) is 85.4 cm³/mol. The van der Waals surface area contributed by atoms with E-state index >= 15 is 0 Å². The lowest BCUT2D eigenvalue weighted by Crippen LogP contribution is -2.44. The van der Waals surface area contributed by atoms with Gasteiger partial charge in [0, 0.05) is 0 Å². The molecule has 124 valence electrons. The van der Waals surface area contributed by atoms with Crippen molar-refractivity contribution >= 4 is 12.1 Å². The summed E-state index contributed by atoms with van der Waals surface area (Å²) in [5, 5.41) is 2.60. The Morgan fingerprint density at radius 1 is 1.36 bits per heavy atom. The van der Waals surface area contributed by atoms with Crippen molar-refractivity contribution in [2.45, 2.75) is 59.1 Å². The van der Waals surface area contributed by atoms with E-state index in [1.54, 1.807) is 20.8 Å². The highest BCUT2D eigenvalue weighted by molar-refractivity contribution is 5.81. The molecule has 1 aliphatic carbocycles. The quantitative estimate of drug-likeness (QED) is 0.809. The minimum atomic E-state index is -0.742. The number of allylic oxidation sites excluding steroid dienone is 3. The van der Waals surface area contributed by atoms with Gasteiger partial charge in [0.1, 0.15) is 11.6 Å². The third kappa shape index (κ3) is 6.33. The van der Waals surface area contributed by atoms with Gasteiger partial charge in [-0.05, 0) is 39.0 Å². The van der Waals surface area contributed by atoms with Crippen LogP contribution in [0.5, 0.6) is 0 Å². The van der Waals surface area contributed by atoms with E-state index in [1.807, 2.05) is 12.2 Å². The molecule has 5 heteroatoms. The van der Waals surface area contributed by atoms with Crippen LogP contribution in [-0.4, -0.2) is 30.8 Å². The van der Waals surface area contributed by atoms with E-state index in [0.29, 0.717) is 6.42 Å². The van der Waals surface area contributed by atoms with Gasteiger partial charge in [0.15, 0.2) is 0 Å². The van der Waals surface area contributed by atoms with Crippen LogP contribution in [0.4, 0.5) is 4.79 Å². The molecule has 0 unspecified atom stereocenters. The molecule has 0 spiro atoms. The van der Waals surface area contributed by atoms with Gasteiger partial charge >= 0.3 is 12.1 Å². The van der Waals surface area contributed by atoms with E-state index in [1.165, 1.54) is 7.11 Å². The number of nitrogens with one attached hydrogen (secondary N) is 1. The molecule has 0 radical (unpaired) electrons. The van der Waals surface area contributed by atoms with Crippen LogP contribution >= 0.6 is 0 Å². The van der Waals surface area contributed by atoms with E-state index in [0.717, 1.165) is 12.0 Å². The Morgan fingerprint density at radius 2 is 2.00 bits per heavy atom. The average molecular weight is 309 g/mol. The molecule has 1 aliphatic rings. The number of carbonyl (C=O) groups is 2. The summed E-state index contributed by atoms with van der Waals surface area (Å²) in [6.45, 7) is 9.58. The molecule has 0 saturated carbocycles. The van der Waals surface area contributed by atoms with Gasteiger partial charge in [-0.3, -0.25) is 0 Å². The lowest BCUT2D eigenvalue weighted by atomic mass is 9.80. The topological polar surface area (TPSA) is 64.6 Å². The van der Waals surface area contributed by atoms with Crippen molar-refractivity contribution in [1.29, 1.82) is 0 Å². The van der Waals surface area contributed by atoms with Crippen molar-refractivity contribution in [3.05, 3.63) is 23.8 Å². The smallest absolute Gasteiger partial charge is 0.408 e. The first-order chi connectivity index (χ1) is 10.0. The van der Waals surface area contributed by atoms with Crippen LogP contribution in [0.25, 0.3) is 0 Å². The number of rotatable bonds is 4. The molecular weight excluding hydrogens is 282 g/mol. The van der Waals surface area contributed by atoms with E-state index in [2.05, 4.69) is 25.2 Å². The van der Waals surface area contributed by atoms with Crippen LogP contribution in [0.2, 0.25) is 0 Å². The van der Waals surface area contributed by atoms with Crippen molar-refractivity contribution < 1.29 is 19.1 Å². The Morgan fingerprint density at radius 3 is 2.50 bits per heavy atom. The standard InChI is InChI=1S/C17H27NO4/c1-16(2,3)22-15(20)18-13(14(19)21-6)10-12-8-7-9-17(4,5)11-12/h7-9,13H,10-11H2,1-6H3,(H,18,20)/t13-/m0/s1. The zero-order valence-corrected chi connectivity index (χ0v) is 14.4. The van der Waals surface area contributed by atoms with Crippen molar-refractivity contribution in [2.75, 3.05) is 7.11 Å². The monoisotopic (exact) mass is 309 g/mol. The molecule has 0 aromatic carbocycles. The number of methoxy groups -OCH3 is 1. The van der Waals surface area contributed by atoms with Gasteiger partial charge in [-0.2, -0.15) is 0 Å². The second kappa shape index (κ2) is 6.99. The van der Waals surface area contributed by atoms with Gasteiger partial charge in [-0.1, -0.05) is 37.6 Å². The van der Waals surface area contributed by atoms with Crippen LogP contribution in [-0.2, 0) is 14.3 Å². The van der Waals surface area contributed by atoms with Gasteiger partial charge in [0.2, 0.25) is 0 Å². The van der Waals surface area contributed by atoms with Gasteiger partial charge in [-0.15, -0.1) is 0 Å². The van der Waals surface area contributed by atoms with Crippen molar-refractivity contribution in [2.24, 2.45) is 5.41 Å². The molecule has 0 bridgehead atoms. The molecule has 1 amide bonds. The summed E-state index contributed by atoms with van der Waals surface area (Å²) in [6.07, 6.45) is 6.74. The number of amides is 1. The third-order valence-corrected chi connectivity index (χ3v) is 3.20. The van der Waals surface area contributed by atoms with Crippen LogP contribution in [0, 0.1) is 5.41 Å². The summed E-state index contributed by atoms with van der Waals surface area (Å²) in [5.74, 6) is -0.473. The molecule has 0 aromatic heterocycles. The SMILES string of the molecule is COC(=O)[C@H](CC1=CC=CC(C)(C)C1)NC(=O)OC(C)(C)C. The first-order valence-corrected chi connectivity index (χ1v) is 7.47. The minimum Gasteiger partial charge on any atom is -0.467 e. The molecule has 0 aromatic rings. The van der Waals surface area contributed by atoms with E-state index in [4.69, 9.17) is 9.47 Å². The molecule has 22 heavy (non-hydrogen) atoms. The Kier molecular flexibility index (Phi) is 5.80. The maximum Gasteiger partial charge on any atom is 0.408 e. The molecule has 1 rings (SSSR count). The average Bonchev–Trinajstić information content (AvgIpc) is 2.33. The minimum absolute atomic E-state index is 0.0523. The predicted octanol–water partition coefficient (Wildman–Crippen LogP) is 3.36. The third-order valence-electron chi connectivity index (χ3n) is 3.20. The van der Waals surface area contributed by atoms with Crippen molar-refractivity contribution in [1.82, 2.24) is 5.32 Å². The highest BCUT2D eigenvalue weighted by Crippen LogP contribution is 2.32. The summed E-state index contributed by atoms with van der Waals surface area (Å²) in [5.41, 5.74) is 0.537. The first-order valence-electron chi connectivity index (χ1n) is 7.47. The number of alkyl carbamates (subject to hydrolysis) is 1. The van der Waals surface area contributed by atoms with E-state index in [9.17, 15) is 9.59 Å². The van der Waals surface area contributed by atoms with Crippen LogP contribution < -0.4 is 5.32 Å². The number of ether oxygens (including phenoxy) is 2. The van der Waals surface area contributed by atoms with E-state index < -0.39 is 23.7 Å². The Hall–Kier alpha value is -1.78. The molecule has 5 nitrogen and oxygen atoms in total. The van der Waals surface area contributed by atoms with Crippen LogP contribution in [0.3, 0.4) is 0 Å². The van der Waals surface area contributed by atoms with Crippen LogP contribution in [0.1, 0.15) is 47.5 Å². The molecule has 0 heterocycles. The maximum absolute atomic E-state index is 11.9. The largest absolute Gasteiger partial charge is 0.467 e. The summed E-state index contributed by atoms with van der Waals surface area (Å²) in [7, 11) is 1.31. The summed E-state index contributed by atoms with van der Waals surface area (Å²) >= 11 is 0. The lowest BCUT2D eigenvalue weighted by Gasteiger charge is -2.27. The number of carbonyl (C=O) groups excluding carboxylic acids is 2. The molecular formula is C17H27NO4. The molecule has 1 N–H and O–H groups in total. The van der Waals surface area contributed by atoms with Crippen LogP contribution in [0.15, 0.2) is 23.8 Å². The van der Waals surface area contributed by atoms with Gasteiger partial charge in [0.05, 0.1) is 7.11 Å². The Bertz CT molecular complexity index is 483. The number of hydrogen-bond acceptors (Lipinski definition) is 4. The lowest BCUT2D eigenvalue weighted by molar-refractivity contribution is -0.143. The highest BCUT2D eigenvalue weighted by Gasteiger charge is 2.28. The summed E-state index contributed by atoms with van der Waals surface area (Å²) in [6, 6.07) is -0.742. The molecule has 0 fully saturated rings. The fourth-order valence-corrected chi connectivity index (χ4v) is 2.34. The fourth-order valence-electron chi connectivity index (χ4n) is 2.34. The van der Waals surface area contributed by atoms with Gasteiger partial charge in [-0.25, -0.2) is 9.59 Å². The molecule has 0 saturated heterocycles. The highest BCUT2D eigenvalue weighted by atomic mass is 16.6. The van der Waals surface area contributed by atoms with Crippen molar-refractivity contribution in [3.8, 4) is 0 Å². The second-order valence-corrected chi connectivity index (χ2v) is 7.28. The second-order valence-electron chi connectivity index (χ2n) is 7.28. The first kappa shape index (κ1) is 18.3. The summed E-state index contributed by atoms with van der Waals surface area (Å²) < 4.78 is 9.98. The van der Waals surface area contributed by atoms with E-state index in [-0.39, 0.29) is 5.41 Å².